The van der Waals surface area contributed by atoms with Crippen LogP contribution in [0.1, 0.15) is 11.8 Å². The summed E-state index contributed by atoms with van der Waals surface area (Å²) in [6, 6.07) is 13.9. The SMILES string of the molecule is CCN(c1ccccc1)c1nc(N)nc2sc(C#N)cc12. The molecule has 0 aliphatic rings. The largest absolute Gasteiger partial charge is 0.368 e. The van der Waals surface area contributed by atoms with Crippen molar-refractivity contribution in [2.24, 2.45) is 0 Å². The van der Waals surface area contributed by atoms with Crippen molar-refractivity contribution in [3.63, 3.8) is 0 Å². The van der Waals surface area contributed by atoms with Gasteiger partial charge in [0.1, 0.15) is 21.6 Å². The predicted octanol–water partition coefficient (Wildman–Crippen LogP) is 3.30. The molecule has 104 valence electrons. The van der Waals surface area contributed by atoms with E-state index >= 15 is 0 Å². The molecule has 0 atom stereocenters. The van der Waals surface area contributed by atoms with Crippen molar-refractivity contribution in [1.29, 1.82) is 5.26 Å². The van der Waals surface area contributed by atoms with Crippen molar-refractivity contribution in [2.75, 3.05) is 17.2 Å². The second-order valence-electron chi connectivity index (χ2n) is 4.43. The second kappa shape index (κ2) is 5.38. The summed E-state index contributed by atoms with van der Waals surface area (Å²) in [6.07, 6.45) is 0. The lowest BCUT2D eigenvalue weighted by Crippen LogP contribution is -2.18. The van der Waals surface area contributed by atoms with Gasteiger partial charge in [0, 0.05) is 12.2 Å². The fourth-order valence-corrected chi connectivity index (χ4v) is 3.08. The average Bonchev–Trinajstić information content (AvgIpc) is 2.92. The Bertz CT molecular complexity index is 819. The third-order valence-electron chi connectivity index (χ3n) is 3.14. The third-order valence-corrected chi connectivity index (χ3v) is 4.07. The number of thiophene rings is 1. The number of hydrogen-bond acceptors (Lipinski definition) is 6. The highest BCUT2D eigenvalue weighted by molar-refractivity contribution is 7.19. The van der Waals surface area contributed by atoms with Gasteiger partial charge in [-0.2, -0.15) is 10.2 Å². The first-order valence-electron chi connectivity index (χ1n) is 6.52. The van der Waals surface area contributed by atoms with E-state index in [1.807, 2.05) is 36.4 Å². The summed E-state index contributed by atoms with van der Waals surface area (Å²) in [5, 5.41) is 9.94. The molecule has 2 aromatic heterocycles. The normalized spacial score (nSPS) is 10.5. The van der Waals surface area contributed by atoms with E-state index in [1.165, 1.54) is 11.3 Å². The van der Waals surface area contributed by atoms with Gasteiger partial charge < -0.3 is 10.6 Å². The molecule has 0 saturated carbocycles. The molecular formula is C15H13N5S. The first-order valence-corrected chi connectivity index (χ1v) is 7.34. The summed E-state index contributed by atoms with van der Waals surface area (Å²) in [7, 11) is 0. The predicted molar refractivity (Wildman–Crippen MR) is 85.7 cm³/mol. The van der Waals surface area contributed by atoms with Crippen molar-refractivity contribution in [1.82, 2.24) is 9.97 Å². The van der Waals surface area contributed by atoms with E-state index in [0.29, 0.717) is 4.88 Å². The molecule has 5 nitrogen and oxygen atoms in total. The highest BCUT2D eigenvalue weighted by Crippen LogP contribution is 2.34. The lowest BCUT2D eigenvalue weighted by Gasteiger charge is -2.22. The number of hydrogen-bond donors (Lipinski definition) is 1. The average molecular weight is 295 g/mol. The highest BCUT2D eigenvalue weighted by Gasteiger charge is 2.16. The minimum Gasteiger partial charge on any atom is -0.368 e. The van der Waals surface area contributed by atoms with Crippen LogP contribution in [0.5, 0.6) is 0 Å². The molecule has 0 saturated heterocycles. The molecule has 3 rings (SSSR count). The molecule has 0 fully saturated rings. The van der Waals surface area contributed by atoms with E-state index in [9.17, 15) is 0 Å². The van der Waals surface area contributed by atoms with Crippen molar-refractivity contribution in [2.45, 2.75) is 6.92 Å². The molecule has 2 N–H and O–H groups in total. The fourth-order valence-electron chi connectivity index (χ4n) is 2.25. The van der Waals surface area contributed by atoms with Crippen LogP contribution >= 0.6 is 11.3 Å². The van der Waals surface area contributed by atoms with Crippen LogP contribution in [-0.4, -0.2) is 16.5 Å². The van der Waals surface area contributed by atoms with E-state index in [1.54, 1.807) is 0 Å². The summed E-state index contributed by atoms with van der Waals surface area (Å²) in [6.45, 7) is 2.79. The van der Waals surface area contributed by atoms with Gasteiger partial charge in [-0.15, -0.1) is 11.3 Å². The van der Waals surface area contributed by atoms with Crippen LogP contribution in [0.2, 0.25) is 0 Å². The van der Waals surface area contributed by atoms with Crippen molar-refractivity contribution in [3.8, 4) is 6.07 Å². The minimum atomic E-state index is 0.221. The van der Waals surface area contributed by atoms with Gasteiger partial charge in [0.05, 0.1) is 5.39 Å². The summed E-state index contributed by atoms with van der Waals surface area (Å²) < 4.78 is 0. The van der Waals surface area contributed by atoms with Crippen molar-refractivity contribution < 1.29 is 0 Å². The molecule has 0 amide bonds. The van der Waals surface area contributed by atoms with Gasteiger partial charge in [-0.1, -0.05) is 18.2 Å². The number of rotatable bonds is 3. The highest BCUT2D eigenvalue weighted by atomic mass is 32.1. The Balaban J connectivity index is 2.22. The number of nitriles is 1. The summed E-state index contributed by atoms with van der Waals surface area (Å²) in [4.78, 5) is 12.0. The van der Waals surface area contributed by atoms with Crippen LogP contribution < -0.4 is 10.6 Å². The molecule has 21 heavy (non-hydrogen) atoms. The number of anilines is 3. The van der Waals surface area contributed by atoms with Crippen LogP contribution in [0.4, 0.5) is 17.5 Å². The van der Waals surface area contributed by atoms with Gasteiger partial charge >= 0.3 is 0 Å². The molecule has 2 heterocycles. The topological polar surface area (TPSA) is 78.8 Å². The smallest absolute Gasteiger partial charge is 0.223 e. The van der Waals surface area contributed by atoms with Gasteiger partial charge in [-0.05, 0) is 25.1 Å². The number of nitrogens with zero attached hydrogens (tertiary/aromatic N) is 4. The number of nitrogen functional groups attached to an aromatic ring is 1. The number of para-hydroxylation sites is 1. The van der Waals surface area contributed by atoms with E-state index in [4.69, 9.17) is 11.0 Å². The zero-order valence-electron chi connectivity index (χ0n) is 11.4. The van der Waals surface area contributed by atoms with Gasteiger partial charge in [0.2, 0.25) is 5.95 Å². The van der Waals surface area contributed by atoms with Crippen molar-refractivity contribution >= 4 is 39.0 Å². The molecule has 0 aliphatic heterocycles. The quantitative estimate of drug-likeness (QED) is 0.802. The number of benzene rings is 1. The zero-order valence-corrected chi connectivity index (χ0v) is 12.3. The second-order valence-corrected chi connectivity index (χ2v) is 5.46. The van der Waals surface area contributed by atoms with Crippen molar-refractivity contribution in [3.05, 3.63) is 41.3 Å². The maximum absolute atomic E-state index is 9.08. The monoisotopic (exact) mass is 295 g/mol. The molecule has 0 radical (unpaired) electrons. The Kier molecular flexibility index (Phi) is 3.42. The third kappa shape index (κ3) is 2.39. The van der Waals surface area contributed by atoms with E-state index < -0.39 is 0 Å². The zero-order chi connectivity index (χ0) is 14.8. The summed E-state index contributed by atoms with van der Waals surface area (Å²) in [5.41, 5.74) is 6.85. The van der Waals surface area contributed by atoms with Gasteiger partial charge in [-0.25, -0.2) is 4.98 Å². The maximum Gasteiger partial charge on any atom is 0.223 e. The number of aromatic nitrogens is 2. The van der Waals surface area contributed by atoms with E-state index in [2.05, 4.69) is 27.9 Å². The molecule has 6 heteroatoms. The van der Waals surface area contributed by atoms with Gasteiger partial charge in [0.25, 0.3) is 0 Å². The van der Waals surface area contributed by atoms with E-state index in [-0.39, 0.29) is 5.95 Å². The minimum absolute atomic E-state index is 0.221. The van der Waals surface area contributed by atoms with Crippen LogP contribution in [0, 0.1) is 11.3 Å². The standard InChI is InChI=1S/C15H13N5S/c1-2-20(10-6-4-3-5-7-10)13-12-8-11(9-16)21-14(12)19-15(17)18-13/h3-8H,2H2,1H3,(H2,17,18,19). The summed E-state index contributed by atoms with van der Waals surface area (Å²) in [5.74, 6) is 0.960. The Morgan fingerprint density at radius 1 is 1.29 bits per heavy atom. The molecule has 0 aliphatic carbocycles. The summed E-state index contributed by atoms with van der Waals surface area (Å²) >= 11 is 1.33. The molecule has 0 bridgehead atoms. The Morgan fingerprint density at radius 2 is 2.05 bits per heavy atom. The molecule has 0 spiro atoms. The Morgan fingerprint density at radius 3 is 2.71 bits per heavy atom. The fraction of sp³-hybridized carbons (Fsp3) is 0.133. The molecule has 0 unspecified atom stereocenters. The van der Waals surface area contributed by atoms with E-state index in [0.717, 1.165) is 28.3 Å². The maximum atomic E-state index is 9.08. The Labute approximate surface area is 126 Å². The number of fused-ring (bicyclic) bond motifs is 1. The molecular weight excluding hydrogens is 282 g/mol. The Hall–Kier alpha value is -2.65. The first-order chi connectivity index (χ1) is 10.2. The molecule has 3 aromatic rings. The lowest BCUT2D eigenvalue weighted by atomic mass is 10.2. The lowest BCUT2D eigenvalue weighted by molar-refractivity contribution is 0.994. The first kappa shape index (κ1) is 13.3. The van der Waals surface area contributed by atoms with Crippen LogP contribution in [-0.2, 0) is 0 Å². The van der Waals surface area contributed by atoms with Gasteiger partial charge in [-0.3, -0.25) is 0 Å². The van der Waals surface area contributed by atoms with Crippen LogP contribution in [0.15, 0.2) is 36.4 Å². The molecule has 1 aromatic carbocycles. The van der Waals surface area contributed by atoms with Crippen LogP contribution in [0.25, 0.3) is 10.2 Å². The van der Waals surface area contributed by atoms with Gasteiger partial charge in [0.15, 0.2) is 0 Å². The van der Waals surface area contributed by atoms with Crippen LogP contribution in [0.3, 0.4) is 0 Å². The number of nitrogens with two attached hydrogens (primary N) is 1.